The zero-order chi connectivity index (χ0) is 13.8. The summed E-state index contributed by atoms with van der Waals surface area (Å²) in [4.78, 5) is 13.9. The first-order valence-electron chi connectivity index (χ1n) is 6.63. The fraction of sp³-hybridized carbons (Fsp3) is 0.917. The van der Waals surface area contributed by atoms with Gasteiger partial charge in [-0.2, -0.15) is 8.42 Å². The van der Waals surface area contributed by atoms with Crippen LogP contribution in [0.15, 0.2) is 0 Å². The SMILES string of the molecule is CN1C2CCC1CC1(CC(=O)OC1CS(=O)(=O)F)C2. The Kier molecular flexibility index (Phi) is 2.91. The predicted molar refractivity (Wildman–Crippen MR) is 65.6 cm³/mol. The first-order chi connectivity index (χ1) is 8.79. The molecular weight excluding hydrogens is 273 g/mol. The van der Waals surface area contributed by atoms with E-state index in [0.29, 0.717) is 12.1 Å². The molecule has 0 radical (unpaired) electrons. The van der Waals surface area contributed by atoms with Crippen LogP contribution in [0.25, 0.3) is 0 Å². The van der Waals surface area contributed by atoms with Gasteiger partial charge in [0.05, 0.1) is 6.42 Å². The van der Waals surface area contributed by atoms with E-state index < -0.39 is 33.5 Å². The standard InChI is InChI=1S/C12H18FNO4S/c1-14-8-2-3-9(14)5-12(4-8)6-11(15)18-10(12)7-19(13,16)17/h8-10H,2-7H2,1H3. The van der Waals surface area contributed by atoms with E-state index in [1.807, 2.05) is 0 Å². The maximum absolute atomic E-state index is 13.0. The van der Waals surface area contributed by atoms with Crippen LogP contribution in [0, 0.1) is 5.41 Å². The lowest BCUT2D eigenvalue weighted by Crippen LogP contribution is -2.50. The van der Waals surface area contributed by atoms with E-state index in [1.54, 1.807) is 0 Å². The molecule has 7 heteroatoms. The Morgan fingerprint density at radius 2 is 1.95 bits per heavy atom. The summed E-state index contributed by atoms with van der Waals surface area (Å²) >= 11 is 0. The van der Waals surface area contributed by atoms with Crippen molar-refractivity contribution in [3.05, 3.63) is 0 Å². The summed E-state index contributed by atoms with van der Waals surface area (Å²) in [5.74, 6) is -1.08. The van der Waals surface area contributed by atoms with Crippen molar-refractivity contribution in [3.63, 3.8) is 0 Å². The first kappa shape index (κ1) is 13.3. The molecule has 0 aromatic carbocycles. The number of carbonyl (C=O) groups excluding carboxylic acids is 1. The number of hydrogen-bond donors (Lipinski definition) is 0. The third kappa shape index (κ3) is 2.27. The van der Waals surface area contributed by atoms with Crippen LogP contribution in [0.4, 0.5) is 3.89 Å². The average molecular weight is 291 g/mol. The highest BCUT2D eigenvalue weighted by Crippen LogP contribution is 2.52. The summed E-state index contributed by atoms with van der Waals surface area (Å²) in [6, 6.07) is 0.719. The lowest BCUT2D eigenvalue weighted by molar-refractivity contribution is -0.141. The largest absolute Gasteiger partial charge is 0.461 e. The van der Waals surface area contributed by atoms with Gasteiger partial charge in [0.2, 0.25) is 0 Å². The van der Waals surface area contributed by atoms with Crippen molar-refractivity contribution >= 4 is 16.2 Å². The molecule has 0 saturated carbocycles. The van der Waals surface area contributed by atoms with Gasteiger partial charge in [0.25, 0.3) is 0 Å². The second-order valence-electron chi connectivity index (χ2n) is 6.18. The number of nitrogens with zero attached hydrogens (tertiary/aromatic N) is 1. The molecule has 108 valence electrons. The number of cyclic esters (lactones) is 1. The molecule has 3 heterocycles. The Morgan fingerprint density at radius 1 is 1.37 bits per heavy atom. The molecule has 0 amide bonds. The van der Waals surface area contributed by atoms with Gasteiger partial charge < -0.3 is 9.64 Å². The first-order valence-corrected chi connectivity index (χ1v) is 8.18. The molecule has 3 saturated heterocycles. The van der Waals surface area contributed by atoms with Gasteiger partial charge in [-0.1, -0.05) is 0 Å². The Labute approximate surface area is 112 Å². The second-order valence-corrected chi connectivity index (χ2v) is 7.59. The van der Waals surface area contributed by atoms with Crippen molar-refractivity contribution in [3.8, 4) is 0 Å². The van der Waals surface area contributed by atoms with Gasteiger partial charge >= 0.3 is 16.2 Å². The van der Waals surface area contributed by atoms with Crippen molar-refractivity contribution < 1.29 is 21.8 Å². The number of piperidine rings is 1. The van der Waals surface area contributed by atoms with Gasteiger partial charge in [-0.25, -0.2) is 0 Å². The number of hydrogen-bond acceptors (Lipinski definition) is 5. The van der Waals surface area contributed by atoms with Crippen LogP contribution in [-0.4, -0.2) is 50.3 Å². The highest BCUT2D eigenvalue weighted by Gasteiger charge is 2.57. The number of ether oxygens (including phenoxy) is 1. The van der Waals surface area contributed by atoms with Crippen LogP contribution >= 0.6 is 0 Å². The molecule has 3 unspecified atom stereocenters. The molecule has 3 aliphatic rings. The monoisotopic (exact) mass is 291 g/mol. The zero-order valence-electron chi connectivity index (χ0n) is 10.8. The molecule has 3 rings (SSSR count). The van der Waals surface area contributed by atoms with Crippen LogP contribution < -0.4 is 0 Å². The van der Waals surface area contributed by atoms with Crippen molar-refractivity contribution in [1.29, 1.82) is 0 Å². The number of esters is 1. The molecule has 0 aromatic rings. The second kappa shape index (κ2) is 4.15. The van der Waals surface area contributed by atoms with Crippen molar-refractivity contribution in [2.75, 3.05) is 12.8 Å². The van der Waals surface area contributed by atoms with Gasteiger partial charge in [-0.05, 0) is 32.7 Å². The molecule has 3 atom stereocenters. The molecule has 19 heavy (non-hydrogen) atoms. The van der Waals surface area contributed by atoms with E-state index in [0.717, 1.165) is 25.7 Å². The lowest BCUT2D eigenvalue weighted by atomic mass is 9.70. The molecule has 5 nitrogen and oxygen atoms in total. The van der Waals surface area contributed by atoms with E-state index in [4.69, 9.17) is 4.74 Å². The molecule has 2 bridgehead atoms. The van der Waals surface area contributed by atoms with Gasteiger partial charge in [0.1, 0.15) is 11.9 Å². The van der Waals surface area contributed by atoms with Crippen LogP contribution in [-0.2, 0) is 19.8 Å². The summed E-state index contributed by atoms with van der Waals surface area (Å²) in [7, 11) is -2.56. The number of fused-ring (bicyclic) bond motifs is 2. The number of carbonyl (C=O) groups is 1. The topological polar surface area (TPSA) is 63.7 Å². The minimum absolute atomic E-state index is 0.230. The van der Waals surface area contributed by atoms with Gasteiger partial charge in [0, 0.05) is 17.5 Å². The molecule has 0 N–H and O–H groups in total. The fourth-order valence-electron chi connectivity index (χ4n) is 4.13. The number of halogens is 1. The minimum atomic E-state index is -4.63. The van der Waals surface area contributed by atoms with E-state index in [2.05, 4.69) is 11.9 Å². The zero-order valence-corrected chi connectivity index (χ0v) is 11.7. The van der Waals surface area contributed by atoms with Crippen LogP contribution in [0.3, 0.4) is 0 Å². The third-order valence-corrected chi connectivity index (χ3v) is 5.77. The summed E-state index contributed by atoms with van der Waals surface area (Å²) in [5.41, 5.74) is -0.478. The summed E-state index contributed by atoms with van der Waals surface area (Å²) < 4.78 is 39.9. The molecular formula is C12H18FNO4S. The minimum Gasteiger partial charge on any atom is -0.461 e. The fourth-order valence-corrected chi connectivity index (χ4v) is 4.91. The number of rotatable bonds is 2. The maximum Gasteiger partial charge on any atom is 0.306 e. The lowest BCUT2D eigenvalue weighted by Gasteiger charge is -2.44. The summed E-state index contributed by atoms with van der Waals surface area (Å²) in [5, 5.41) is 0. The highest BCUT2D eigenvalue weighted by atomic mass is 32.3. The van der Waals surface area contributed by atoms with Crippen LogP contribution in [0.2, 0.25) is 0 Å². The smallest absolute Gasteiger partial charge is 0.306 e. The van der Waals surface area contributed by atoms with Crippen molar-refractivity contribution in [1.82, 2.24) is 4.90 Å². The van der Waals surface area contributed by atoms with E-state index in [-0.39, 0.29) is 6.42 Å². The van der Waals surface area contributed by atoms with Crippen LogP contribution in [0.5, 0.6) is 0 Å². The normalized spacial score (nSPS) is 42.8. The quantitative estimate of drug-likeness (QED) is 0.557. The van der Waals surface area contributed by atoms with Crippen LogP contribution in [0.1, 0.15) is 32.1 Å². The van der Waals surface area contributed by atoms with Gasteiger partial charge in [0.15, 0.2) is 0 Å². The van der Waals surface area contributed by atoms with Crippen molar-refractivity contribution in [2.45, 2.75) is 50.3 Å². The average Bonchev–Trinajstić information content (AvgIpc) is 2.66. The Balaban J connectivity index is 1.87. The molecule has 0 aliphatic carbocycles. The van der Waals surface area contributed by atoms with Gasteiger partial charge in [-0.15, -0.1) is 3.89 Å². The predicted octanol–water partition coefficient (Wildman–Crippen LogP) is 0.844. The van der Waals surface area contributed by atoms with E-state index >= 15 is 0 Å². The van der Waals surface area contributed by atoms with E-state index in [9.17, 15) is 17.1 Å². The summed E-state index contributed by atoms with van der Waals surface area (Å²) in [6.07, 6.45) is 3.00. The third-order valence-electron chi connectivity index (χ3n) is 5.07. The van der Waals surface area contributed by atoms with Crippen molar-refractivity contribution in [2.24, 2.45) is 5.41 Å². The maximum atomic E-state index is 13.0. The van der Waals surface area contributed by atoms with E-state index in [1.165, 1.54) is 0 Å². The molecule has 3 aliphatic heterocycles. The summed E-state index contributed by atoms with van der Waals surface area (Å²) in [6.45, 7) is 0. The highest BCUT2D eigenvalue weighted by molar-refractivity contribution is 7.86. The molecule has 3 fully saturated rings. The molecule has 0 aromatic heterocycles. The van der Waals surface area contributed by atoms with Gasteiger partial charge in [-0.3, -0.25) is 4.79 Å². The molecule has 1 spiro atoms. The Bertz CT molecular complexity index is 492. The Hall–Kier alpha value is -0.690. The Morgan fingerprint density at radius 3 is 2.47 bits per heavy atom.